The number of ether oxygens (including phenoxy) is 2. The fraction of sp³-hybridized carbons (Fsp3) is 0.526. The van der Waals surface area contributed by atoms with Crippen LogP contribution in [0, 0.1) is 0 Å². The molecule has 0 bridgehead atoms. The average Bonchev–Trinajstić information content (AvgIpc) is 3.54. The fourth-order valence-electron chi connectivity index (χ4n) is 4.39. The molecule has 2 aliphatic heterocycles. The van der Waals surface area contributed by atoms with E-state index in [0.717, 1.165) is 10.9 Å². The van der Waals surface area contributed by atoms with Gasteiger partial charge in [-0.3, -0.25) is 28.0 Å². The number of H-pyrrole nitrogens is 1. The lowest BCUT2D eigenvalue weighted by atomic mass is 10.1. The summed E-state index contributed by atoms with van der Waals surface area (Å²) < 4.78 is 36.3. The summed E-state index contributed by atoms with van der Waals surface area (Å²) >= 11 is 0. The number of nitrogens with one attached hydrogen (secondary N) is 1. The van der Waals surface area contributed by atoms with E-state index in [1.807, 2.05) is 0 Å². The van der Waals surface area contributed by atoms with Gasteiger partial charge in [0.1, 0.15) is 42.6 Å². The number of aromatic nitrogens is 6. The highest BCUT2D eigenvalue weighted by Crippen LogP contribution is 2.49. The van der Waals surface area contributed by atoms with E-state index in [-0.39, 0.29) is 34.8 Å². The number of phosphoric ester groups is 1. The van der Waals surface area contributed by atoms with Gasteiger partial charge in [0.15, 0.2) is 17.4 Å². The predicted molar refractivity (Wildman–Crippen MR) is 131 cm³/mol. The summed E-state index contributed by atoms with van der Waals surface area (Å²) in [5.41, 5.74) is 9.59. The number of nitrogens with two attached hydrogens (primary N) is 2. The number of hydrogen-bond acceptors (Lipinski definition) is 15. The third kappa shape index (κ3) is 5.63. The Morgan fingerprint density at radius 2 is 1.90 bits per heavy atom. The molecule has 1 unspecified atom stereocenters. The summed E-state index contributed by atoms with van der Waals surface area (Å²) in [5, 5.41) is 30.6. The van der Waals surface area contributed by atoms with E-state index in [1.165, 1.54) is 16.8 Å². The van der Waals surface area contributed by atoms with E-state index in [2.05, 4.69) is 19.9 Å². The quantitative estimate of drug-likeness (QED) is 0.123. The van der Waals surface area contributed by atoms with E-state index in [9.17, 15) is 34.4 Å². The summed E-state index contributed by atoms with van der Waals surface area (Å²) in [5.74, 6) is -0.217. The second-order valence-corrected chi connectivity index (χ2v) is 10.2. The molecule has 40 heavy (non-hydrogen) atoms. The van der Waals surface area contributed by atoms with Crippen LogP contribution in [0.2, 0.25) is 0 Å². The molecule has 21 heteroatoms. The molecule has 3 aromatic rings. The van der Waals surface area contributed by atoms with Crippen LogP contribution in [0.4, 0.5) is 11.8 Å². The first-order valence-electron chi connectivity index (χ1n) is 11.5. The van der Waals surface area contributed by atoms with Gasteiger partial charge in [-0.1, -0.05) is 0 Å². The predicted octanol–water partition coefficient (Wildman–Crippen LogP) is -3.88. The molecule has 0 aromatic carbocycles. The van der Waals surface area contributed by atoms with Crippen molar-refractivity contribution < 1.29 is 48.8 Å². The van der Waals surface area contributed by atoms with Gasteiger partial charge >= 0.3 is 13.5 Å². The highest BCUT2D eigenvalue weighted by molar-refractivity contribution is 7.47. The molecule has 20 nitrogen and oxygen atoms in total. The highest BCUT2D eigenvalue weighted by Gasteiger charge is 2.46. The molecular formula is C19H27N8O12P. The molecule has 3 aromatic heterocycles. The van der Waals surface area contributed by atoms with Crippen molar-refractivity contribution in [2.45, 2.75) is 49.4 Å². The van der Waals surface area contributed by atoms with Crippen LogP contribution in [0.1, 0.15) is 18.9 Å². The third-order valence-electron chi connectivity index (χ3n) is 6.25. The van der Waals surface area contributed by atoms with Crippen molar-refractivity contribution in [2.75, 3.05) is 24.7 Å². The Morgan fingerprint density at radius 3 is 2.60 bits per heavy atom. The minimum Gasteiger partial charge on any atom is -0.412 e. The van der Waals surface area contributed by atoms with Crippen LogP contribution in [0.15, 0.2) is 28.2 Å². The van der Waals surface area contributed by atoms with Gasteiger partial charge in [-0.2, -0.15) is 9.97 Å². The van der Waals surface area contributed by atoms with Gasteiger partial charge < -0.3 is 46.6 Å². The molecule has 0 amide bonds. The zero-order valence-electron chi connectivity index (χ0n) is 20.4. The number of phosphoric acid groups is 1. The van der Waals surface area contributed by atoms with E-state index in [0.29, 0.717) is 0 Å². The number of rotatable bonds is 8. The lowest BCUT2D eigenvalue weighted by molar-refractivity contribution is -0.0592. The van der Waals surface area contributed by atoms with Gasteiger partial charge in [-0.15, -0.1) is 0 Å². The molecule has 5 heterocycles. The lowest BCUT2D eigenvalue weighted by Crippen LogP contribution is -2.34. The molecule has 0 radical (unpaired) electrons. The number of aliphatic hydroxyl groups excluding tert-OH is 3. The van der Waals surface area contributed by atoms with Crippen molar-refractivity contribution in [3.8, 4) is 0 Å². The molecule has 8 atom stereocenters. The SMILES string of the molecule is Nc1ccn([C@H]2C[C@H](OP(=O)(O)OC[C@H]3O[C@@H](n4cnc5c(=O)[nH]c(N)nc54)[C@H](O)[C@@H]3O)[C@@H](CO)O2)c(=O)n1.O. The normalized spacial score (nSPS) is 29.9. The monoisotopic (exact) mass is 590 g/mol. The maximum atomic E-state index is 12.7. The Bertz CT molecular complexity index is 1530. The Balaban J connectivity index is 0.00000370. The Morgan fingerprint density at radius 1 is 1.15 bits per heavy atom. The van der Waals surface area contributed by atoms with Crippen molar-refractivity contribution in [3.63, 3.8) is 0 Å². The topological polar surface area (TPSA) is 317 Å². The smallest absolute Gasteiger partial charge is 0.412 e. The van der Waals surface area contributed by atoms with Crippen LogP contribution >= 0.6 is 7.82 Å². The van der Waals surface area contributed by atoms with E-state index < -0.39 is 75.3 Å². The van der Waals surface area contributed by atoms with E-state index in [1.54, 1.807) is 0 Å². The van der Waals surface area contributed by atoms with Crippen molar-refractivity contribution in [2.24, 2.45) is 0 Å². The van der Waals surface area contributed by atoms with Gasteiger partial charge in [-0.25, -0.2) is 14.3 Å². The van der Waals surface area contributed by atoms with Gasteiger partial charge in [0, 0.05) is 12.6 Å². The molecule has 2 aliphatic rings. The van der Waals surface area contributed by atoms with Gasteiger partial charge in [0.25, 0.3) is 5.56 Å². The van der Waals surface area contributed by atoms with Crippen molar-refractivity contribution in [1.29, 1.82) is 0 Å². The standard InChI is InChI=1S/C19H25N8O11P.H2O/c20-10-1-2-26(19(32)23-10)11-3-7(8(4-28)36-11)38-39(33,34)35-5-9-13(29)14(30)17(37-9)27-6-22-12-15(27)24-18(21)25-16(12)31;/h1-2,6-9,11,13-14,17,28-30H,3-5H2,(H,33,34)(H2,20,23,32)(H3,21,24,25,31);1H2/t7-,8+,9+,11+,13+,14+,17+;/m0./s1. The molecule has 5 rings (SSSR count). The van der Waals surface area contributed by atoms with Crippen molar-refractivity contribution in [3.05, 3.63) is 39.4 Å². The summed E-state index contributed by atoms with van der Waals surface area (Å²) in [6.45, 7) is -1.30. The molecule has 220 valence electrons. The Labute approximate surface area is 222 Å². The van der Waals surface area contributed by atoms with E-state index in [4.69, 9.17) is 30.0 Å². The van der Waals surface area contributed by atoms with Gasteiger partial charge in [0.05, 0.1) is 19.5 Å². The summed E-state index contributed by atoms with van der Waals surface area (Å²) in [4.78, 5) is 48.2. The zero-order chi connectivity index (χ0) is 28.1. The number of anilines is 2. The lowest BCUT2D eigenvalue weighted by Gasteiger charge is -2.21. The van der Waals surface area contributed by atoms with Crippen LogP contribution < -0.4 is 22.7 Å². The first-order valence-corrected chi connectivity index (χ1v) is 13.0. The minimum absolute atomic E-state index is 0. The Kier molecular flexibility index (Phi) is 8.38. The molecule has 0 aliphatic carbocycles. The zero-order valence-corrected chi connectivity index (χ0v) is 21.3. The second kappa shape index (κ2) is 11.3. The second-order valence-electron chi connectivity index (χ2n) is 8.82. The first-order chi connectivity index (χ1) is 18.5. The maximum absolute atomic E-state index is 12.7. The number of nitrogens with zero attached hydrogens (tertiary/aromatic N) is 5. The van der Waals surface area contributed by atoms with Crippen LogP contribution in [-0.2, 0) is 23.1 Å². The van der Waals surface area contributed by atoms with Crippen LogP contribution in [0.3, 0.4) is 0 Å². The van der Waals surface area contributed by atoms with Crippen molar-refractivity contribution in [1.82, 2.24) is 29.1 Å². The van der Waals surface area contributed by atoms with Crippen LogP contribution in [0.5, 0.6) is 0 Å². The fourth-order valence-corrected chi connectivity index (χ4v) is 5.35. The van der Waals surface area contributed by atoms with Gasteiger partial charge in [-0.05, 0) is 6.07 Å². The summed E-state index contributed by atoms with van der Waals surface area (Å²) in [6.07, 6.45) is -6.60. The third-order valence-corrected chi connectivity index (χ3v) is 7.27. The molecule has 2 fully saturated rings. The number of aromatic amines is 1. The molecule has 2 saturated heterocycles. The van der Waals surface area contributed by atoms with Gasteiger partial charge in [0.2, 0.25) is 5.95 Å². The Hall–Kier alpha value is -3.30. The summed E-state index contributed by atoms with van der Waals surface area (Å²) in [7, 11) is -4.84. The minimum atomic E-state index is -4.84. The van der Waals surface area contributed by atoms with E-state index >= 15 is 0 Å². The largest absolute Gasteiger partial charge is 0.472 e. The molecule has 0 saturated carbocycles. The number of imidazole rings is 1. The number of fused-ring (bicyclic) bond motifs is 1. The maximum Gasteiger partial charge on any atom is 0.472 e. The number of hydrogen-bond donors (Lipinski definition) is 7. The molecule has 11 N–H and O–H groups in total. The number of nitrogen functional groups attached to an aromatic ring is 2. The molecule has 0 spiro atoms. The summed E-state index contributed by atoms with van der Waals surface area (Å²) in [6, 6.07) is 1.36. The first kappa shape index (κ1) is 29.7. The highest BCUT2D eigenvalue weighted by atomic mass is 31.2. The van der Waals surface area contributed by atoms with Crippen molar-refractivity contribution >= 4 is 30.8 Å². The molecular weight excluding hydrogens is 563 g/mol. The van der Waals surface area contributed by atoms with Crippen LogP contribution in [-0.4, -0.2) is 98.5 Å². The average molecular weight is 590 g/mol. The number of aliphatic hydroxyl groups is 3. The van der Waals surface area contributed by atoms with Crippen LogP contribution in [0.25, 0.3) is 11.2 Å².